The van der Waals surface area contributed by atoms with Gasteiger partial charge in [-0.15, -0.1) is 0 Å². The number of anilines is 1. The molecular formula is C8H15N3O3S. The van der Waals surface area contributed by atoms with Gasteiger partial charge in [0.15, 0.2) is 0 Å². The molecule has 1 aromatic rings. The largest absolute Gasteiger partial charge is 0.395 e. The highest BCUT2D eigenvalue weighted by Gasteiger charge is 2.11. The first-order chi connectivity index (χ1) is 6.94. The lowest BCUT2D eigenvalue weighted by Gasteiger charge is -2.04. The number of sulfonamides is 1. The molecule has 0 aliphatic carbocycles. The lowest BCUT2D eigenvalue weighted by molar-refractivity contribution is 0.320. The zero-order chi connectivity index (χ0) is 11.5. The van der Waals surface area contributed by atoms with Crippen molar-refractivity contribution in [3.8, 4) is 0 Å². The first-order valence-corrected chi connectivity index (χ1v) is 6.25. The van der Waals surface area contributed by atoms with E-state index in [0.29, 0.717) is 5.69 Å². The van der Waals surface area contributed by atoms with E-state index in [4.69, 9.17) is 5.11 Å². The smallest absolute Gasteiger partial charge is 0.235 e. The molecule has 0 aliphatic rings. The van der Waals surface area contributed by atoms with E-state index in [1.165, 1.54) is 6.20 Å². The van der Waals surface area contributed by atoms with Crippen LogP contribution < -0.4 is 4.72 Å². The van der Waals surface area contributed by atoms with Gasteiger partial charge in [-0.2, -0.15) is 5.10 Å². The number of rotatable bonds is 5. The van der Waals surface area contributed by atoms with Crippen molar-refractivity contribution in [2.24, 2.45) is 0 Å². The zero-order valence-electron chi connectivity index (χ0n) is 8.71. The molecule has 2 N–H and O–H groups in total. The minimum Gasteiger partial charge on any atom is -0.395 e. The maximum absolute atomic E-state index is 11.3. The molecule has 0 amide bonds. The molecule has 86 valence electrons. The fourth-order valence-corrected chi connectivity index (χ4v) is 1.83. The average molecular weight is 233 g/mol. The fraction of sp³-hybridized carbons (Fsp3) is 0.625. The second-order valence-electron chi connectivity index (χ2n) is 3.45. The van der Waals surface area contributed by atoms with Crippen molar-refractivity contribution >= 4 is 15.7 Å². The molecule has 0 bridgehead atoms. The van der Waals surface area contributed by atoms with Crippen molar-refractivity contribution in [1.29, 1.82) is 0 Å². The van der Waals surface area contributed by atoms with Crippen LogP contribution in [0.3, 0.4) is 0 Å². The summed E-state index contributed by atoms with van der Waals surface area (Å²) in [6.07, 6.45) is 3.05. The van der Waals surface area contributed by atoms with Gasteiger partial charge in [-0.1, -0.05) is 0 Å². The van der Waals surface area contributed by atoms with Gasteiger partial charge in [0.2, 0.25) is 10.0 Å². The Bertz CT molecular complexity index is 411. The standard InChI is InChI=1S/C8H15N3O3S/c1-7(2)11-6-8(5-9-11)10-15(13,14)4-3-12/h5-7,10,12H,3-4H2,1-2H3. The van der Waals surface area contributed by atoms with Gasteiger partial charge in [-0.25, -0.2) is 8.42 Å². The monoisotopic (exact) mass is 233 g/mol. The number of aromatic nitrogens is 2. The van der Waals surface area contributed by atoms with E-state index in [2.05, 4.69) is 9.82 Å². The summed E-state index contributed by atoms with van der Waals surface area (Å²) in [5.74, 6) is -0.306. The van der Waals surface area contributed by atoms with E-state index in [0.717, 1.165) is 0 Å². The number of hydrogen-bond acceptors (Lipinski definition) is 4. The van der Waals surface area contributed by atoms with Crippen molar-refractivity contribution in [2.75, 3.05) is 17.1 Å². The molecule has 0 unspecified atom stereocenters. The van der Waals surface area contributed by atoms with Crippen LogP contribution in [0.5, 0.6) is 0 Å². The Morgan fingerprint density at radius 1 is 1.60 bits per heavy atom. The lowest BCUT2D eigenvalue weighted by Crippen LogP contribution is -2.18. The van der Waals surface area contributed by atoms with Crippen LogP contribution in [0.15, 0.2) is 12.4 Å². The predicted molar refractivity (Wildman–Crippen MR) is 57.1 cm³/mol. The van der Waals surface area contributed by atoms with E-state index >= 15 is 0 Å². The van der Waals surface area contributed by atoms with Crippen LogP contribution in [0, 0.1) is 0 Å². The third kappa shape index (κ3) is 3.52. The first kappa shape index (κ1) is 12.0. The molecule has 1 aromatic heterocycles. The highest BCUT2D eigenvalue weighted by molar-refractivity contribution is 7.92. The molecule has 0 atom stereocenters. The number of aliphatic hydroxyl groups is 1. The predicted octanol–water partition coefficient (Wildman–Crippen LogP) is 0.198. The zero-order valence-corrected chi connectivity index (χ0v) is 9.53. The summed E-state index contributed by atoms with van der Waals surface area (Å²) in [4.78, 5) is 0. The Hall–Kier alpha value is -1.08. The van der Waals surface area contributed by atoms with Gasteiger partial charge in [-0.05, 0) is 13.8 Å². The van der Waals surface area contributed by atoms with Crippen molar-refractivity contribution in [3.05, 3.63) is 12.4 Å². The lowest BCUT2D eigenvalue weighted by atomic mass is 10.4. The Labute approximate surface area is 89.0 Å². The van der Waals surface area contributed by atoms with Crippen molar-refractivity contribution in [1.82, 2.24) is 9.78 Å². The van der Waals surface area contributed by atoms with E-state index in [-0.39, 0.29) is 11.8 Å². The third-order valence-corrected chi connectivity index (χ3v) is 3.03. The summed E-state index contributed by atoms with van der Waals surface area (Å²) in [7, 11) is -3.45. The molecule has 0 fully saturated rings. The van der Waals surface area contributed by atoms with Crippen LogP contribution in [0.4, 0.5) is 5.69 Å². The van der Waals surface area contributed by atoms with E-state index in [1.54, 1.807) is 10.9 Å². The Morgan fingerprint density at radius 3 is 2.73 bits per heavy atom. The van der Waals surface area contributed by atoms with Crippen LogP contribution >= 0.6 is 0 Å². The van der Waals surface area contributed by atoms with E-state index in [9.17, 15) is 8.42 Å². The van der Waals surface area contributed by atoms with Gasteiger partial charge in [0.1, 0.15) is 0 Å². The van der Waals surface area contributed by atoms with Crippen molar-refractivity contribution < 1.29 is 13.5 Å². The molecule has 0 radical (unpaired) electrons. The van der Waals surface area contributed by atoms with Crippen LogP contribution in [-0.2, 0) is 10.0 Å². The summed E-state index contributed by atoms with van der Waals surface area (Å²) in [5.41, 5.74) is 0.414. The van der Waals surface area contributed by atoms with Crippen LogP contribution in [0.2, 0.25) is 0 Å². The maximum Gasteiger partial charge on any atom is 0.235 e. The number of nitrogens with zero attached hydrogens (tertiary/aromatic N) is 2. The number of hydrogen-bond donors (Lipinski definition) is 2. The summed E-state index contributed by atoms with van der Waals surface area (Å²) in [6, 6.07) is 0.182. The van der Waals surface area contributed by atoms with E-state index in [1.807, 2.05) is 13.8 Å². The minimum absolute atomic E-state index is 0.182. The molecule has 6 nitrogen and oxygen atoms in total. The molecule has 1 rings (SSSR count). The van der Waals surface area contributed by atoms with Crippen LogP contribution in [0.25, 0.3) is 0 Å². The first-order valence-electron chi connectivity index (χ1n) is 4.60. The molecule has 0 saturated heterocycles. The minimum atomic E-state index is -3.45. The van der Waals surface area contributed by atoms with Gasteiger partial charge in [0.05, 0.1) is 24.2 Å². The third-order valence-electron chi connectivity index (χ3n) is 1.76. The fourth-order valence-electron chi connectivity index (χ4n) is 1.02. The quantitative estimate of drug-likeness (QED) is 0.760. The van der Waals surface area contributed by atoms with Gasteiger partial charge in [0.25, 0.3) is 0 Å². The molecular weight excluding hydrogens is 218 g/mol. The molecule has 0 aromatic carbocycles. The Morgan fingerprint density at radius 2 is 2.27 bits per heavy atom. The summed E-state index contributed by atoms with van der Waals surface area (Å²) in [6.45, 7) is 3.49. The van der Waals surface area contributed by atoms with Gasteiger partial charge in [-0.3, -0.25) is 9.40 Å². The van der Waals surface area contributed by atoms with Crippen molar-refractivity contribution in [2.45, 2.75) is 19.9 Å². The molecule has 0 saturated carbocycles. The van der Waals surface area contributed by atoms with Gasteiger partial charge >= 0.3 is 0 Å². The number of nitrogens with one attached hydrogen (secondary N) is 1. The summed E-state index contributed by atoms with van der Waals surface area (Å²) >= 11 is 0. The normalized spacial score (nSPS) is 12.0. The SMILES string of the molecule is CC(C)n1cc(NS(=O)(=O)CCO)cn1. The second-order valence-corrected chi connectivity index (χ2v) is 5.29. The van der Waals surface area contributed by atoms with Crippen LogP contribution in [0.1, 0.15) is 19.9 Å². The average Bonchev–Trinajstić information content (AvgIpc) is 2.51. The molecule has 0 aliphatic heterocycles. The summed E-state index contributed by atoms with van der Waals surface area (Å²) < 4.78 is 26.5. The highest BCUT2D eigenvalue weighted by atomic mass is 32.2. The molecule has 1 heterocycles. The number of aliphatic hydroxyl groups excluding tert-OH is 1. The van der Waals surface area contributed by atoms with E-state index < -0.39 is 16.6 Å². The molecule has 15 heavy (non-hydrogen) atoms. The molecule has 0 spiro atoms. The Balaban J connectivity index is 2.73. The van der Waals surface area contributed by atoms with Crippen molar-refractivity contribution in [3.63, 3.8) is 0 Å². The summed E-state index contributed by atoms with van der Waals surface area (Å²) in [5, 5.41) is 12.5. The Kier molecular flexibility index (Phi) is 3.70. The topological polar surface area (TPSA) is 84.2 Å². The molecule has 7 heteroatoms. The highest BCUT2D eigenvalue weighted by Crippen LogP contribution is 2.11. The van der Waals surface area contributed by atoms with Crippen LogP contribution in [-0.4, -0.2) is 35.7 Å². The van der Waals surface area contributed by atoms with Gasteiger partial charge in [0, 0.05) is 12.2 Å². The maximum atomic E-state index is 11.3. The van der Waals surface area contributed by atoms with Gasteiger partial charge < -0.3 is 5.11 Å². The second kappa shape index (κ2) is 4.63.